The molecule has 1 aromatic rings. The first-order valence-electron chi connectivity index (χ1n) is 6.29. The number of benzene rings is 1. The Morgan fingerprint density at radius 2 is 1.89 bits per heavy atom. The maximum absolute atomic E-state index is 12.2. The van der Waals surface area contributed by atoms with Crippen molar-refractivity contribution in [3.05, 3.63) is 29.3 Å². The average molecular weight is 306 g/mol. The van der Waals surface area contributed by atoms with E-state index in [4.69, 9.17) is 16.7 Å². The van der Waals surface area contributed by atoms with E-state index in [9.17, 15) is 8.42 Å². The van der Waals surface area contributed by atoms with Crippen LogP contribution in [0, 0.1) is 5.92 Å². The molecule has 0 bridgehead atoms. The zero-order chi connectivity index (χ0) is 14.5. The smallest absolute Gasteiger partial charge is 0.240 e. The van der Waals surface area contributed by atoms with Crippen LogP contribution in [0.4, 0.5) is 0 Å². The summed E-state index contributed by atoms with van der Waals surface area (Å²) in [6.45, 7) is 3.91. The molecule has 1 aromatic carbocycles. The Kier molecular flexibility index (Phi) is 6.26. The van der Waals surface area contributed by atoms with Gasteiger partial charge in [0.2, 0.25) is 10.0 Å². The molecule has 0 amide bonds. The molecule has 108 valence electrons. The predicted octanol–water partition coefficient (Wildman–Crippen LogP) is 2.42. The highest BCUT2D eigenvalue weighted by atomic mass is 35.5. The minimum Gasteiger partial charge on any atom is -0.396 e. The van der Waals surface area contributed by atoms with E-state index in [0.29, 0.717) is 11.4 Å². The van der Waals surface area contributed by atoms with Gasteiger partial charge in [-0.1, -0.05) is 31.9 Å². The Morgan fingerprint density at radius 1 is 1.32 bits per heavy atom. The molecule has 0 unspecified atom stereocenters. The van der Waals surface area contributed by atoms with Gasteiger partial charge in [-0.3, -0.25) is 0 Å². The third-order valence-corrected chi connectivity index (χ3v) is 4.96. The van der Waals surface area contributed by atoms with E-state index in [1.165, 1.54) is 12.1 Å². The monoisotopic (exact) mass is 305 g/mol. The molecule has 0 spiro atoms. The van der Waals surface area contributed by atoms with E-state index < -0.39 is 10.0 Å². The van der Waals surface area contributed by atoms with Crippen LogP contribution in [-0.4, -0.2) is 26.2 Å². The van der Waals surface area contributed by atoms with Gasteiger partial charge in [0.15, 0.2) is 0 Å². The van der Waals surface area contributed by atoms with Crippen LogP contribution in [0.1, 0.15) is 26.7 Å². The lowest BCUT2D eigenvalue weighted by Crippen LogP contribution is -2.39. The van der Waals surface area contributed by atoms with Crippen LogP contribution in [0.5, 0.6) is 0 Å². The van der Waals surface area contributed by atoms with Crippen molar-refractivity contribution in [2.45, 2.75) is 37.6 Å². The molecule has 0 saturated heterocycles. The van der Waals surface area contributed by atoms with E-state index >= 15 is 0 Å². The fraction of sp³-hybridized carbons (Fsp3) is 0.538. The molecule has 0 heterocycles. The molecular formula is C13H20ClNO3S. The highest BCUT2D eigenvalue weighted by Gasteiger charge is 2.23. The van der Waals surface area contributed by atoms with E-state index in [1.807, 2.05) is 13.8 Å². The van der Waals surface area contributed by atoms with Gasteiger partial charge in [0.05, 0.1) is 4.90 Å². The van der Waals surface area contributed by atoms with Gasteiger partial charge in [-0.2, -0.15) is 0 Å². The molecule has 2 atom stereocenters. The zero-order valence-electron chi connectivity index (χ0n) is 11.1. The van der Waals surface area contributed by atoms with Gasteiger partial charge in [-0.25, -0.2) is 13.1 Å². The number of sulfonamides is 1. The maximum atomic E-state index is 12.2. The highest BCUT2D eigenvalue weighted by Crippen LogP contribution is 2.17. The standard InChI is InChI=1S/C13H20ClNO3S/c1-3-10(2)13(8-9-16)15-19(17,18)12-6-4-11(14)5-7-12/h4-7,10,13,15-16H,3,8-9H2,1-2H3/t10-,13-/m0/s1. The largest absolute Gasteiger partial charge is 0.396 e. The lowest BCUT2D eigenvalue weighted by Gasteiger charge is -2.23. The van der Waals surface area contributed by atoms with E-state index in [1.54, 1.807) is 12.1 Å². The summed E-state index contributed by atoms with van der Waals surface area (Å²) >= 11 is 5.74. The average Bonchev–Trinajstić information content (AvgIpc) is 2.37. The van der Waals surface area contributed by atoms with Crippen molar-refractivity contribution in [2.24, 2.45) is 5.92 Å². The summed E-state index contributed by atoms with van der Waals surface area (Å²) < 4.78 is 27.1. The molecule has 0 saturated carbocycles. The van der Waals surface area contributed by atoms with E-state index in [-0.39, 0.29) is 23.5 Å². The zero-order valence-corrected chi connectivity index (χ0v) is 12.7. The van der Waals surface area contributed by atoms with Crippen LogP contribution in [0.2, 0.25) is 5.02 Å². The number of nitrogens with one attached hydrogen (secondary N) is 1. The van der Waals surface area contributed by atoms with Crippen molar-refractivity contribution in [3.63, 3.8) is 0 Å². The van der Waals surface area contributed by atoms with Crippen LogP contribution < -0.4 is 4.72 Å². The summed E-state index contributed by atoms with van der Waals surface area (Å²) in [5.74, 6) is 0.161. The van der Waals surface area contributed by atoms with Crippen molar-refractivity contribution in [2.75, 3.05) is 6.61 Å². The summed E-state index contributed by atoms with van der Waals surface area (Å²) in [6.07, 6.45) is 1.25. The van der Waals surface area contributed by atoms with Gasteiger partial charge in [-0.05, 0) is 36.6 Å². The van der Waals surface area contributed by atoms with Crippen molar-refractivity contribution in [3.8, 4) is 0 Å². The quantitative estimate of drug-likeness (QED) is 0.813. The second-order valence-corrected chi connectivity index (χ2v) is 6.73. The molecule has 0 radical (unpaired) electrons. The topological polar surface area (TPSA) is 66.4 Å². The molecule has 2 N–H and O–H groups in total. The number of rotatable bonds is 7. The predicted molar refractivity (Wildman–Crippen MR) is 76.7 cm³/mol. The molecule has 19 heavy (non-hydrogen) atoms. The molecule has 0 fully saturated rings. The normalized spacial score (nSPS) is 15.2. The Labute approximate surface area is 119 Å². The third kappa shape index (κ3) is 4.76. The molecule has 0 aliphatic carbocycles. The first-order chi connectivity index (χ1) is 8.90. The first kappa shape index (κ1) is 16.4. The van der Waals surface area contributed by atoms with Crippen LogP contribution in [-0.2, 0) is 10.0 Å². The van der Waals surface area contributed by atoms with Crippen LogP contribution >= 0.6 is 11.6 Å². The molecule has 0 aromatic heterocycles. The molecule has 0 aliphatic heterocycles. The summed E-state index contributed by atoms with van der Waals surface area (Å²) in [5.41, 5.74) is 0. The SMILES string of the molecule is CC[C@H](C)[C@H](CCO)NS(=O)(=O)c1ccc(Cl)cc1. The Bertz CT molecular complexity index is 487. The molecular weight excluding hydrogens is 286 g/mol. The Hall–Kier alpha value is -0.620. The number of aliphatic hydroxyl groups is 1. The second kappa shape index (κ2) is 7.24. The molecule has 0 aliphatic rings. The summed E-state index contributed by atoms with van der Waals surface area (Å²) in [7, 11) is -3.57. The van der Waals surface area contributed by atoms with Crippen LogP contribution in [0.25, 0.3) is 0 Å². The lowest BCUT2D eigenvalue weighted by molar-refractivity contribution is 0.250. The number of hydrogen-bond acceptors (Lipinski definition) is 3. The minimum atomic E-state index is -3.57. The first-order valence-corrected chi connectivity index (χ1v) is 8.15. The van der Waals surface area contributed by atoms with Crippen molar-refractivity contribution < 1.29 is 13.5 Å². The van der Waals surface area contributed by atoms with Gasteiger partial charge in [0.1, 0.15) is 0 Å². The van der Waals surface area contributed by atoms with Gasteiger partial charge < -0.3 is 5.11 Å². The molecule has 6 heteroatoms. The van der Waals surface area contributed by atoms with Crippen LogP contribution in [0.15, 0.2) is 29.2 Å². The van der Waals surface area contributed by atoms with E-state index in [2.05, 4.69) is 4.72 Å². The summed E-state index contributed by atoms with van der Waals surface area (Å²) in [5, 5.41) is 9.53. The van der Waals surface area contributed by atoms with Gasteiger partial charge in [0.25, 0.3) is 0 Å². The third-order valence-electron chi connectivity index (χ3n) is 3.20. The van der Waals surface area contributed by atoms with Crippen molar-refractivity contribution in [1.82, 2.24) is 4.72 Å². The highest BCUT2D eigenvalue weighted by molar-refractivity contribution is 7.89. The van der Waals surface area contributed by atoms with E-state index in [0.717, 1.165) is 6.42 Å². The maximum Gasteiger partial charge on any atom is 0.240 e. The van der Waals surface area contributed by atoms with Gasteiger partial charge in [0, 0.05) is 17.7 Å². The fourth-order valence-corrected chi connectivity index (χ4v) is 3.27. The Balaban J connectivity index is 2.90. The lowest BCUT2D eigenvalue weighted by atomic mass is 9.98. The number of halogens is 1. The van der Waals surface area contributed by atoms with Crippen LogP contribution in [0.3, 0.4) is 0 Å². The summed E-state index contributed by atoms with van der Waals surface area (Å²) in [6, 6.07) is 5.76. The van der Waals surface area contributed by atoms with Gasteiger partial charge >= 0.3 is 0 Å². The van der Waals surface area contributed by atoms with Crippen molar-refractivity contribution >= 4 is 21.6 Å². The number of aliphatic hydroxyl groups excluding tert-OH is 1. The molecule has 4 nitrogen and oxygen atoms in total. The van der Waals surface area contributed by atoms with Gasteiger partial charge in [-0.15, -0.1) is 0 Å². The minimum absolute atomic E-state index is 0.0435. The summed E-state index contributed by atoms with van der Waals surface area (Å²) in [4.78, 5) is 0.183. The molecule has 1 rings (SSSR count). The fourth-order valence-electron chi connectivity index (χ4n) is 1.76. The number of hydrogen-bond donors (Lipinski definition) is 2. The van der Waals surface area contributed by atoms with Crippen molar-refractivity contribution in [1.29, 1.82) is 0 Å². The second-order valence-electron chi connectivity index (χ2n) is 4.58. The Morgan fingerprint density at radius 3 is 2.37 bits per heavy atom.